The summed E-state index contributed by atoms with van der Waals surface area (Å²) in [4.78, 5) is 18.2. The molecule has 0 radical (unpaired) electrons. The zero-order chi connectivity index (χ0) is 19.8. The second-order valence-electron chi connectivity index (χ2n) is 5.30. The first-order valence-electron chi connectivity index (χ1n) is 7.78. The van der Waals surface area contributed by atoms with Gasteiger partial charge in [-0.15, -0.1) is 10.2 Å². The number of rotatable bonds is 5. The molecule has 1 aromatic carbocycles. The number of carboxylic acids is 2. The summed E-state index contributed by atoms with van der Waals surface area (Å²) >= 11 is 12.1. The number of aliphatic carboxylic acids is 2. The number of halogens is 2. The summed E-state index contributed by atoms with van der Waals surface area (Å²) in [7, 11) is 0. The molecule has 0 unspecified atom stereocenters. The molecule has 8 nitrogen and oxygen atoms in total. The highest BCUT2D eigenvalue weighted by Gasteiger charge is 2.06. The molecule has 0 atom stereocenters. The topological polar surface area (TPSA) is 117 Å². The first kappa shape index (κ1) is 20.6. The van der Waals surface area contributed by atoms with Gasteiger partial charge in [-0.3, -0.25) is 4.40 Å². The fraction of sp³-hybridized carbons (Fsp3) is 0.176. The Kier molecular flexibility index (Phi) is 7.54. The molecule has 2 aromatic heterocycles. The Morgan fingerprint density at radius 2 is 1.78 bits per heavy atom. The third-order valence-corrected chi connectivity index (χ3v) is 4.30. The summed E-state index contributed by atoms with van der Waals surface area (Å²) in [6.07, 6.45) is 2.77. The number of carboxylic acid groups (broad SMARTS) is 2. The van der Waals surface area contributed by atoms with E-state index in [1.807, 2.05) is 40.9 Å². The van der Waals surface area contributed by atoms with Crippen molar-refractivity contribution in [2.45, 2.75) is 13.0 Å². The summed E-state index contributed by atoms with van der Waals surface area (Å²) < 4.78 is 1.99. The van der Waals surface area contributed by atoms with Crippen LogP contribution in [0, 0.1) is 0 Å². The molecule has 10 heteroatoms. The normalized spacial score (nSPS) is 10.3. The predicted octanol–water partition coefficient (Wildman–Crippen LogP) is 2.52. The second kappa shape index (κ2) is 9.86. The van der Waals surface area contributed by atoms with Crippen LogP contribution in [0.2, 0.25) is 10.0 Å². The molecule has 0 bridgehead atoms. The molecule has 0 aliphatic carbocycles. The van der Waals surface area contributed by atoms with E-state index in [1.54, 1.807) is 6.07 Å². The fourth-order valence-electron chi connectivity index (χ4n) is 2.17. The standard InChI is InChI=1S/C15H14Cl2N4.C2H2O4/c16-12-5-3-4-11(15(12)17)10-18-8-7-14-20-19-13-6-1-2-9-21(13)14;3-1(4)2(5)6/h1-6,9,18H,7-8,10H2;(H,3,4)(H,5,6). The number of nitrogens with zero attached hydrogens (tertiary/aromatic N) is 3. The monoisotopic (exact) mass is 410 g/mol. The third-order valence-electron chi connectivity index (χ3n) is 3.44. The molecule has 3 N–H and O–H groups in total. The number of fused-ring (bicyclic) bond motifs is 1. The molecule has 0 amide bonds. The summed E-state index contributed by atoms with van der Waals surface area (Å²) in [5.74, 6) is -2.71. The molecule has 27 heavy (non-hydrogen) atoms. The molecular formula is C17H16Cl2N4O4. The Labute approximate surface area is 164 Å². The predicted molar refractivity (Wildman–Crippen MR) is 100 cm³/mol. The zero-order valence-electron chi connectivity index (χ0n) is 14.0. The van der Waals surface area contributed by atoms with Crippen LogP contribution in [0.15, 0.2) is 42.6 Å². The number of benzene rings is 1. The van der Waals surface area contributed by atoms with Gasteiger partial charge in [-0.1, -0.05) is 41.4 Å². The van der Waals surface area contributed by atoms with Gasteiger partial charge < -0.3 is 15.5 Å². The molecule has 0 fully saturated rings. The number of aromatic nitrogens is 3. The highest BCUT2D eigenvalue weighted by Crippen LogP contribution is 2.25. The summed E-state index contributed by atoms with van der Waals surface area (Å²) in [6.45, 7) is 1.47. The molecular weight excluding hydrogens is 395 g/mol. The Hall–Kier alpha value is -2.68. The van der Waals surface area contributed by atoms with Crippen LogP contribution in [-0.4, -0.2) is 43.3 Å². The van der Waals surface area contributed by atoms with Gasteiger partial charge in [-0.05, 0) is 23.8 Å². The van der Waals surface area contributed by atoms with Crippen LogP contribution in [0.5, 0.6) is 0 Å². The van der Waals surface area contributed by atoms with Crippen molar-refractivity contribution in [1.29, 1.82) is 0 Å². The van der Waals surface area contributed by atoms with E-state index >= 15 is 0 Å². The Morgan fingerprint density at radius 3 is 2.48 bits per heavy atom. The van der Waals surface area contributed by atoms with Crippen molar-refractivity contribution in [2.75, 3.05) is 6.54 Å². The summed E-state index contributed by atoms with van der Waals surface area (Å²) in [5, 5.41) is 27.6. The highest BCUT2D eigenvalue weighted by molar-refractivity contribution is 6.42. The second-order valence-corrected chi connectivity index (χ2v) is 6.08. The largest absolute Gasteiger partial charge is 0.473 e. The first-order valence-corrected chi connectivity index (χ1v) is 8.54. The maximum Gasteiger partial charge on any atom is 0.414 e. The minimum absolute atomic E-state index is 0.583. The molecule has 0 aliphatic heterocycles. The van der Waals surface area contributed by atoms with Gasteiger partial charge >= 0.3 is 11.9 Å². The van der Waals surface area contributed by atoms with Crippen LogP contribution in [0.25, 0.3) is 5.65 Å². The van der Waals surface area contributed by atoms with E-state index in [0.717, 1.165) is 30.0 Å². The van der Waals surface area contributed by atoms with E-state index in [1.165, 1.54) is 0 Å². The van der Waals surface area contributed by atoms with Gasteiger partial charge in [0.15, 0.2) is 5.65 Å². The summed E-state index contributed by atoms with van der Waals surface area (Å²) in [5.41, 5.74) is 1.86. The number of pyridine rings is 1. The van der Waals surface area contributed by atoms with E-state index < -0.39 is 11.9 Å². The SMILES string of the molecule is Clc1cccc(CNCCc2nnc3ccccn23)c1Cl.O=C(O)C(=O)O. The quantitative estimate of drug-likeness (QED) is 0.436. The van der Waals surface area contributed by atoms with Gasteiger partial charge in [0, 0.05) is 25.7 Å². The van der Waals surface area contributed by atoms with Crippen molar-refractivity contribution in [3.05, 3.63) is 64.0 Å². The average molecular weight is 411 g/mol. The molecule has 2 heterocycles. The van der Waals surface area contributed by atoms with Gasteiger partial charge in [0.2, 0.25) is 0 Å². The van der Waals surface area contributed by atoms with Crippen molar-refractivity contribution in [2.24, 2.45) is 0 Å². The van der Waals surface area contributed by atoms with E-state index in [4.69, 9.17) is 43.0 Å². The molecule has 0 aliphatic rings. The zero-order valence-corrected chi connectivity index (χ0v) is 15.5. The van der Waals surface area contributed by atoms with E-state index in [-0.39, 0.29) is 0 Å². The maximum absolute atomic E-state index is 9.10. The Morgan fingerprint density at radius 1 is 1.04 bits per heavy atom. The number of carbonyl (C=O) groups is 2. The minimum Gasteiger partial charge on any atom is -0.473 e. The van der Waals surface area contributed by atoms with Gasteiger partial charge in [-0.2, -0.15) is 0 Å². The van der Waals surface area contributed by atoms with E-state index in [2.05, 4.69) is 15.5 Å². The van der Waals surface area contributed by atoms with Crippen LogP contribution in [0.4, 0.5) is 0 Å². The van der Waals surface area contributed by atoms with Crippen LogP contribution < -0.4 is 5.32 Å². The van der Waals surface area contributed by atoms with Crippen LogP contribution in [0.3, 0.4) is 0 Å². The third kappa shape index (κ3) is 5.92. The van der Waals surface area contributed by atoms with Gasteiger partial charge in [-0.25, -0.2) is 9.59 Å². The lowest BCUT2D eigenvalue weighted by molar-refractivity contribution is -0.159. The fourth-order valence-corrected chi connectivity index (χ4v) is 2.56. The number of hydrogen-bond donors (Lipinski definition) is 3. The molecule has 142 valence electrons. The maximum atomic E-state index is 9.10. The Bertz CT molecular complexity index is 934. The van der Waals surface area contributed by atoms with Crippen molar-refractivity contribution in [3.8, 4) is 0 Å². The van der Waals surface area contributed by atoms with Crippen LogP contribution in [-0.2, 0) is 22.6 Å². The highest BCUT2D eigenvalue weighted by atomic mass is 35.5. The molecule has 3 aromatic rings. The van der Waals surface area contributed by atoms with Crippen molar-refractivity contribution >= 4 is 40.8 Å². The lowest BCUT2D eigenvalue weighted by atomic mass is 10.2. The number of hydrogen-bond acceptors (Lipinski definition) is 5. The molecule has 3 rings (SSSR count). The van der Waals surface area contributed by atoms with E-state index in [0.29, 0.717) is 16.6 Å². The van der Waals surface area contributed by atoms with Crippen LogP contribution >= 0.6 is 23.2 Å². The smallest absolute Gasteiger partial charge is 0.414 e. The van der Waals surface area contributed by atoms with Gasteiger partial charge in [0.1, 0.15) is 5.82 Å². The average Bonchev–Trinajstić information content (AvgIpc) is 3.06. The first-order chi connectivity index (χ1) is 12.9. The minimum atomic E-state index is -1.82. The van der Waals surface area contributed by atoms with Gasteiger partial charge in [0.05, 0.1) is 10.0 Å². The lowest BCUT2D eigenvalue weighted by Crippen LogP contribution is -2.18. The molecule has 0 saturated carbocycles. The van der Waals surface area contributed by atoms with E-state index in [9.17, 15) is 0 Å². The van der Waals surface area contributed by atoms with Crippen molar-refractivity contribution in [3.63, 3.8) is 0 Å². The Balaban J connectivity index is 0.000000380. The lowest BCUT2D eigenvalue weighted by Gasteiger charge is -2.07. The van der Waals surface area contributed by atoms with Crippen LogP contribution in [0.1, 0.15) is 11.4 Å². The van der Waals surface area contributed by atoms with Gasteiger partial charge in [0.25, 0.3) is 0 Å². The molecule has 0 spiro atoms. The van der Waals surface area contributed by atoms with Crippen molar-refractivity contribution < 1.29 is 19.8 Å². The number of nitrogens with one attached hydrogen (secondary N) is 1. The summed E-state index contributed by atoms with van der Waals surface area (Å²) in [6, 6.07) is 11.5. The molecule has 0 saturated heterocycles. The van der Waals surface area contributed by atoms with Crippen molar-refractivity contribution in [1.82, 2.24) is 19.9 Å².